The molecule has 0 radical (unpaired) electrons. The van der Waals surface area contributed by atoms with E-state index >= 15 is 0 Å². The number of esters is 1. The van der Waals surface area contributed by atoms with Crippen molar-refractivity contribution < 1.29 is 19.1 Å². The predicted molar refractivity (Wildman–Crippen MR) is 85.2 cm³/mol. The summed E-state index contributed by atoms with van der Waals surface area (Å²) in [4.78, 5) is 25.8. The van der Waals surface area contributed by atoms with Gasteiger partial charge < -0.3 is 14.4 Å². The molecule has 0 N–H and O–H groups in total. The van der Waals surface area contributed by atoms with Crippen LogP contribution in [0.4, 0.5) is 4.79 Å². The molecule has 2 aromatic rings. The summed E-state index contributed by atoms with van der Waals surface area (Å²) in [6, 6.07) is 9.51. The number of hydrogen-bond donors (Lipinski definition) is 0. The number of aromatic nitrogens is 2. The lowest BCUT2D eigenvalue weighted by atomic mass is 10.2. The molecule has 2 heterocycles. The van der Waals surface area contributed by atoms with Crippen LogP contribution >= 0.6 is 0 Å². The van der Waals surface area contributed by atoms with Gasteiger partial charge in [0.2, 0.25) is 0 Å². The highest BCUT2D eigenvalue weighted by molar-refractivity contribution is 5.90. The van der Waals surface area contributed by atoms with E-state index in [1.54, 1.807) is 16.5 Å². The van der Waals surface area contributed by atoms with Crippen LogP contribution in [0.2, 0.25) is 0 Å². The topological polar surface area (TPSA) is 73.7 Å². The third-order valence-corrected chi connectivity index (χ3v) is 3.83. The Morgan fingerprint density at radius 1 is 1.17 bits per heavy atom. The van der Waals surface area contributed by atoms with Gasteiger partial charge in [0.25, 0.3) is 0 Å². The van der Waals surface area contributed by atoms with E-state index in [4.69, 9.17) is 9.47 Å². The van der Waals surface area contributed by atoms with Crippen molar-refractivity contribution in [3.8, 4) is 0 Å². The molecule has 7 nitrogen and oxygen atoms in total. The van der Waals surface area contributed by atoms with E-state index in [-0.39, 0.29) is 13.2 Å². The summed E-state index contributed by atoms with van der Waals surface area (Å²) in [6.07, 6.45) is 1.09. The van der Waals surface area contributed by atoms with Gasteiger partial charge in [-0.05, 0) is 12.5 Å². The molecule has 1 aliphatic rings. The minimum Gasteiger partial charge on any atom is -0.462 e. The van der Waals surface area contributed by atoms with E-state index in [2.05, 4.69) is 5.10 Å². The number of benzene rings is 1. The Bertz CT molecular complexity index is 727. The summed E-state index contributed by atoms with van der Waals surface area (Å²) in [5.41, 5.74) is 2.01. The zero-order valence-corrected chi connectivity index (χ0v) is 13.5. The highest BCUT2D eigenvalue weighted by Gasteiger charge is 2.27. The molecule has 0 aliphatic carbocycles. The van der Waals surface area contributed by atoms with Crippen LogP contribution in [0.5, 0.6) is 0 Å². The average molecular weight is 329 g/mol. The lowest BCUT2D eigenvalue weighted by Crippen LogP contribution is -2.39. The number of rotatable bonds is 4. The maximum Gasteiger partial charge on any atom is 0.410 e. The van der Waals surface area contributed by atoms with Crippen molar-refractivity contribution >= 4 is 12.1 Å². The van der Waals surface area contributed by atoms with Crippen molar-refractivity contribution in [3.63, 3.8) is 0 Å². The Hall–Kier alpha value is -2.83. The quantitative estimate of drug-likeness (QED) is 0.804. The summed E-state index contributed by atoms with van der Waals surface area (Å²) in [7, 11) is 0. The van der Waals surface area contributed by atoms with Crippen LogP contribution in [0.25, 0.3) is 0 Å². The van der Waals surface area contributed by atoms with Crippen LogP contribution in [0.3, 0.4) is 0 Å². The van der Waals surface area contributed by atoms with E-state index in [1.165, 1.54) is 6.20 Å². The zero-order chi connectivity index (χ0) is 16.9. The van der Waals surface area contributed by atoms with E-state index in [9.17, 15) is 9.59 Å². The van der Waals surface area contributed by atoms with Crippen molar-refractivity contribution in [3.05, 3.63) is 53.3 Å². The molecule has 0 saturated carbocycles. The molecule has 0 unspecified atom stereocenters. The van der Waals surface area contributed by atoms with Crippen LogP contribution in [-0.2, 0) is 29.2 Å². The van der Waals surface area contributed by atoms with Gasteiger partial charge in [-0.2, -0.15) is 5.10 Å². The van der Waals surface area contributed by atoms with Gasteiger partial charge in [0.15, 0.2) is 0 Å². The third-order valence-electron chi connectivity index (χ3n) is 3.83. The highest BCUT2D eigenvalue weighted by atomic mass is 16.6. The number of carbonyl (C=O) groups is 2. The third kappa shape index (κ3) is 3.40. The Morgan fingerprint density at radius 3 is 2.71 bits per heavy atom. The molecule has 1 aromatic carbocycles. The summed E-state index contributed by atoms with van der Waals surface area (Å²) >= 11 is 0. The van der Waals surface area contributed by atoms with Gasteiger partial charge >= 0.3 is 12.1 Å². The molecule has 126 valence electrons. The molecule has 0 spiro atoms. The van der Waals surface area contributed by atoms with Crippen molar-refractivity contribution in [2.24, 2.45) is 0 Å². The number of carbonyl (C=O) groups excluding carboxylic acids is 2. The molecule has 0 fully saturated rings. The first kappa shape index (κ1) is 16.0. The van der Waals surface area contributed by atoms with Gasteiger partial charge in [0.05, 0.1) is 31.6 Å². The fourth-order valence-corrected chi connectivity index (χ4v) is 2.59. The van der Waals surface area contributed by atoms with E-state index in [0.29, 0.717) is 31.0 Å². The molecule has 1 aliphatic heterocycles. The second-order valence-electron chi connectivity index (χ2n) is 5.41. The Labute approximate surface area is 139 Å². The lowest BCUT2D eigenvalue weighted by Gasteiger charge is -2.27. The van der Waals surface area contributed by atoms with Gasteiger partial charge in [-0.3, -0.25) is 4.68 Å². The van der Waals surface area contributed by atoms with Crippen LogP contribution in [0.1, 0.15) is 28.5 Å². The van der Waals surface area contributed by atoms with Crippen LogP contribution in [0.15, 0.2) is 36.5 Å². The summed E-state index contributed by atoms with van der Waals surface area (Å²) < 4.78 is 12.1. The first-order valence-corrected chi connectivity index (χ1v) is 7.86. The van der Waals surface area contributed by atoms with Crippen molar-refractivity contribution in [2.45, 2.75) is 26.6 Å². The monoisotopic (exact) mass is 329 g/mol. The van der Waals surface area contributed by atoms with Crippen LogP contribution < -0.4 is 0 Å². The Balaban J connectivity index is 1.64. The van der Waals surface area contributed by atoms with Gasteiger partial charge in [-0.25, -0.2) is 9.59 Å². The minimum absolute atomic E-state index is 0.222. The van der Waals surface area contributed by atoms with Crippen molar-refractivity contribution in [2.75, 3.05) is 13.2 Å². The first-order valence-electron chi connectivity index (χ1n) is 7.86. The Morgan fingerprint density at radius 2 is 1.96 bits per heavy atom. The molecule has 3 rings (SSSR count). The van der Waals surface area contributed by atoms with E-state index < -0.39 is 12.1 Å². The molecule has 0 atom stereocenters. The molecule has 1 amide bonds. The SMILES string of the molecule is CCOC(=O)c1cnn2c1CN(C(=O)OCc1ccccc1)CC2. The van der Waals surface area contributed by atoms with Crippen LogP contribution in [0, 0.1) is 0 Å². The summed E-state index contributed by atoms with van der Waals surface area (Å²) in [5.74, 6) is -0.418. The van der Waals surface area contributed by atoms with Gasteiger partial charge in [-0.15, -0.1) is 0 Å². The number of amides is 1. The first-order chi connectivity index (χ1) is 11.7. The number of nitrogens with zero attached hydrogens (tertiary/aromatic N) is 3. The largest absolute Gasteiger partial charge is 0.462 e. The number of hydrogen-bond acceptors (Lipinski definition) is 5. The summed E-state index contributed by atoms with van der Waals surface area (Å²) in [6.45, 7) is 3.56. The fourth-order valence-electron chi connectivity index (χ4n) is 2.59. The normalized spacial score (nSPS) is 13.3. The predicted octanol–water partition coefficient (Wildman–Crippen LogP) is 2.21. The van der Waals surface area contributed by atoms with Crippen molar-refractivity contribution in [1.82, 2.24) is 14.7 Å². The van der Waals surface area contributed by atoms with Gasteiger partial charge in [0, 0.05) is 6.54 Å². The summed E-state index contributed by atoms with van der Waals surface area (Å²) in [5, 5.41) is 4.18. The lowest BCUT2D eigenvalue weighted by molar-refractivity contribution is 0.0518. The molecule has 0 bridgehead atoms. The second kappa shape index (κ2) is 7.16. The van der Waals surface area contributed by atoms with Crippen LogP contribution in [-0.4, -0.2) is 39.9 Å². The molecule has 0 saturated heterocycles. The molecule has 24 heavy (non-hydrogen) atoms. The number of fused-ring (bicyclic) bond motifs is 1. The van der Waals surface area contributed by atoms with E-state index in [1.807, 2.05) is 30.3 Å². The van der Waals surface area contributed by atoms with E-state index in [0.717, 1.165) is 5.56 Å². The molecule has 1 aromatic heterocycles. The maximum atomic E-state index is 12.3. The van der Waals surface area contributed by atoms with Gasteiger partial charge in [-0.1, -0.05) is 30.3 Å². The molecular formula is C17H19N3O4. The minimum atomic E-state index is -0.418. The highest BCUT2D eigenvalue weighted by Crippen LogP contribution is 2.18. The second-order valence-corrected chi connectivity index (χ2v) is 5.41. The fraction of sp³-hybridized carbons (Fsp3) is 0.353. The molecular weight excluding hydrogens is 310 g/mol. The maximum absolute atomic E-state index is 12.3. The molecule has 7 heteroatoms. The average Bonchev–Trinajstić information content (AvgIpc) is 3.04. The zero-order valence-electron chi connectivity index (χ0n) is 13.5. The Kier molecular flexibility index (Phi) is 4.79. The smallest absolute Gasteiger partial charge is 0.410 e. The number of ether oxygens (including phenoxy) is 2. The standard InChI is InChI=1S/C17H19N3O4/c1-2-23-16(21)14-10-18-20-9-8-19(11-15(14)20)17(22)24-12-13-6-4-3-5-7-13/h3-7,10H,2,8-9,11-12H2,1H3. The van der Waals surface area contributed by atoms with Gasteiger partial charge in [0.1, 0.15) is 12.2 Å². The van der Waals surface area contributed by atoms with Crippen molar-refractivity contribution in [1.29, 1.82) is 0 Å².